The number of rotatable bonds is 5. The summed E-state index contributed by atoms with van der Waals surface area (Å²) in [7, 11) is 0. The molecule has 2 rings (SSSR count). The molecule has 92 valence electrons. The third-order valence-corrected chi connectivity index (χ3v) is 3.21. The molecule has 1 aliphatic carbocycles. The van der Waals surface area contributed by atoms with Gasteiger partial charge in [-0.3, -0.25) is 0 Å². The summed E-state index contributed by atoms with van der Waals surface area (Å²) >= 11 is 0. The van der Waals surface area contributed by atoms with Gasteiger partial charge >= 0.3 is 0 Å². The molecule has 0 unspecified atom stereocenters. The monoisotopic (exact) mass is 231 g/mol. The van der Waals surface area contributed by atoms with E-state index in [9.17, 15) is 0 Å². The fraction of sp³-hybridized carbons (Fsp3) is 0.467. The van der Waals surface area contributed by atoms with Crippen molar-refractivity contribution >= 4 is 5.69 Å². The van der Waals surface area contributed by atoms with Gasteiger partial charge in [0.2, 0.25) is 0 Å². The van der Waals surface area contributed by atoms with Crippen LogP contribution in [-0.2, 0) is 0 Å². The van der Waals surface area contributed by atoms with E-state index in [0.29, 0.717) is 12.6 Å². The van der Waals surface area contributed by atoms with Gasteiger partial charge in [0.25, 0.3) is 0 Å². The number of ether oxygens (including phenoxy) is 1. The van der Waals surface area contributed by atoms with Crippen LogP contribution in [0.3, 0.4) is 0 Å². The summed E-state index contributed by atoms with van der Waals surface area (Å²) < 4.78 is 5.65. The average Bonchev–Trinajstić information content (AvgIpc) is 2.39. The third kappa shape index (κ3) is 3.52. The Morgan fingerprint density at radius 1 is 1.24 bits per heavy atom. The van der Waals surface area contributed by atoms with Crippen molar-refractivity contribution < 1.29 is 4.74 Å². The first-order valence-electron chi connectivity index (χ1n) is 6.49. The van der Waals surface area contributed by atoms with Gasteiger partial charge < -0.3 is 10.1 Å². The van der Waals surface area contributed by atoms with E-state index in [-0.39, 0.29) is 0 Å². The Balaban J connectivity index is 2.00. The quantitative estimate of drug-likeness (QED) is 0.773. The highest BCUT2D eigenvalue weighted by Crippen LogP contribution is 2.28. The van der Waals surface area contributed by atoms with Crippen molar-refractivity contribution in [3.8, 4) is 5.75 Å². The maximum Gasteiger partial charge on any atom is 0.142 e. The van der Waals surface area contributed by atoms with E-state index in [1.807, 2.05) is 18.2 Å². The topological polar surface area (TPSA) is 21.3 Å². The summed E-state index contributed by atoms with van der Waals surface area (Å²) in [5.74, 6) is 0.929. The molecule has 1 fully saturated rings. The van der Waals surface area contributed by atoms with Crippen LogP contribution in [0.4, 0.5) is 5.69 Å². The molecule has 0 saturated heterocycles. The van der Waals surface area contributed by atoms with Gasteiger partial charge in [-0.15, -0.1) is 0 Å². The minimum absolute atomic E-state index is 0.559. The molecule has 1 aromatic rings. The largest absolute Gasteiger partial charge is 0.487 e. The molecular weight excluding hydrogens is 210 g/mol. The van der Waals surface area contributed by atoms with Crippen molar-refractivity contribution in [2.45, 2.75) is 38.1 Å². The zero-order valence-electron chi connectivity index (χ0n) is 10.3. The van der Waals surface area contributed by atoms with Crippen molar-refractivity contribution in [3.63, 3.8) is 0 Å². The first kappa shape index (κ1) is 12.0. The van der Waals surface area contributed by atoms with Crippen LogP contribution in [0.15, 0.2) is 36.9 Å². The lowest BCUT2D eigenvalue weighted by Crippen LogP contribution is -2.22. The Kier molecular flexibility index (Phi) is 4.48. The molecule has 0 radical (unpaired) electrons. The molecule has 0 heterocycles. The SMILES string of the molecule is C=CCOc1ccccc1NC1CCCCC1. The lowest BCUT2D eigenvalue weighted by Gasteiger charge is -2.24. The fourth-order valence-corrected chi connectivity index (χ4v) is 2.33. The summed E-state index contributed by atoms with van der Waals surface area (Å²) in [6, 6.07) is 8.76. The number of para-hydroxylation sites is 2. The van der Waals surface area contributed by atoms with Crippen LogP contribution in [0.25, 0.3) is 0 Å². The first-order valence-corrected chi connectivity index (χ1v) is 6.49. The second-order valence-electron chi connectivity index (χ2n) is 4.58. The van der Waals surface area contributed by atoms with Crippen molar-refractivity contribution in [2.75, 3.05) is 11.9 Å². The molecule has 0 bridgehead atoms. The second kappa shape index (κ2) is 6.33. The Bertz CT molecular complexity index is 356. The van der Waals surface area contributed by atoms with Gasteiger partial charge in [-0.2, -0.15) is 0 Å². The normalized spacial score (nSPS) is 16.5. The second-order valence-corrected chi connectivity index (χ2v) is 4.58. The van der Waals surface area contributed by atoms with E-state index >= 15 is 0 Å². The van der Waals surface area contributed by atoms with Crippen LogP contribution in [-0.4, -0.2) is 12.6 Å². The van der Waals surface area contributed by atoms with E-state index < -0.39 is 0 Å². The highest BCUT2D eigenvalue weighted by molar-refractivity contribution is 5.56. The summed E-state index contributed by atoms with van der Waals surface area (Å²) in [5, 5.41) is 3.60. The number of benzene rings is 1. The van der Waals surface area contributed by atoms with E-state index in [4.69, 9.17) is 4.74 Å². The number of nitrogens with one attached hydrogen (secondary N) is 1. The van der Waals surface area contributed by atoms with Crippen molar-refractivity contribution in [2.24, 2.45) is 0 Å². The molecular formula is C15H21NO. The molecule has 1 aliphatic rings. The Labute approximate surface area is 104 Å². The van der Waals surface area contributed by atoms with E-state index in [1.165, 1.54) is 32.1 Å². The number of hydrogen-bond acceptors (Lipinski definition) is 2. The Hall–Kier alpha value is -1.44. The predicted octanol–water partition coefficient (Wildman–Crippen LogP) is 4.00. The molecule has 2 nitrogen and oxygen atoms in total. The average molecular weight is 231 g/mol. The highest BCUT2D eigenvalue weighted by Gasteiger charge is 2.14. The van der Waals surface area contributed by atoms with Gasteiger partial charge in [-0.1, -0.05) is 44.1 Å². The van der Waals surface area contributed by atoms with Gasteiger partial charge in [-0.25, -0.2) is 0 Å². The summed E-state index contributed by atoms with van der Waals surface area (Å²) in [6.45, 7) is 4.23. The summed E-state index contributed by atoms with van der Waals surface area (Å²) in [5.41, 5.74) is 1.11. The van der Waals surface area contributed by atoms with Gasteiger partial charge in [0.1, 0.15) is 12.4 Å². The maximum atomic E-state index is 5.65. The van der Waals surface area contributed by atoms with Gasteiger partial charge in [0.05, 0.1) is 5.69 Å². The highest BCUT2D eigenvalue weighted by atomic mass is 16.5. The minimum atomic E-state index is 0.559. The summed E-state index contributed by atoms with van der Waals surface area (Å²) in [4.78, 5) is 0. The fourth-order valence-electron chi connectivity index (χ4n) is 2.33. The standard InChI is InChI=1S/C15H21NO/c1-2-12-17-15-11-7-6-10-14(15)16-13-8-4-3-5-9-13/h2,6-7,10-11,13,16H,1,3-5,8-9,12H2. The van der Waals surface area contributed by atoms with Gasteiger partial charge in [0, 0.05) is 6.04 Å². The molecule has 0 aliphatic heterocycles. The van der Waals surface area contributed by atoms with Crippen LogP contribution in [0.1, 0.15) is 32.1 Å². The molecule has 0 amide bonds. The molecule has 0 spiro atoms. The lowest BCUT2D eigenvalue weighted by atomic mass is 9.95. The van der Waals surface area contributed by atoms with Crippen molar-refractivity contribution in [3.05, 3.63) is 36.9 Å². The molecule has 17 heavy (non-hydrogen) atoms. The van der Waals surface area contributed by atoms with Gasteiger partial charge in [0.15, 0.2) is 0 Å². The molecule has 1 N–H and O–H groups in total. The minimum Gasteiger partial charge on any atom is -0.487 e. The lowest BCUT2D eigenvalue weighted by molar-refractivity contribution is 0.363. The third-order valence-electron chi connectivity index (χ3n) is 3.21. The maximum absolute atomic E-state index is 5.65. The molecule has 1 saturated carbocycles. The predicted molar refractivity (Wildman–Crippen MR) is 72.6 cm³/mol. The molecule has 1 aromatic carbocycles. The van der Waals surface area contributed by atoms with Crippen molar-refractivity contribution in [1.82, 2.24) is 0 Å². The van der Waals surface area contributed by atoms with E-state index in [2.05, 4.69) is 18.0 Å². The van der Waals surface area contributed by atoms with Crippen LogP contribution in [0.5, 0.6) is 5.75 Å². The zero-order valence-corrected chi connectivity index (χ0v) is 10.3. The number of hydrogen-bond donors (Lipinski definition) is 1. The smallest absolute Gasteiger partial charge is 0.142 e. The van der Waals surface area contributed by atoms with Crippen LogP contribution < -0.4 is 10.1 Å². The Morgan fingerprint density at radius 3 is 2.76 bits per heavy atom. The number of anilines is 1. The first-order chi connectivity index (χ1) is 8.40. The zero-order chi connectivity index (χ0) is 11.9. The Morgan fingerprint density at radius 2 is 2.00 bits per heavy atom. The van der Waals surface area contributed by atoms with Crippen LogP contribution >= 0.6 is 0 Å². The molecule has 0 atom stereocenters. The van der Waals surface area contributed by atoms with E-state index in [0.717, 1.165) is 11.4 Å². The van der Waals surface area contributed by atoms with Crippen LogP contribution in [0.2, 0.25) is 0 Å². The van der Waals surface area contributed by atoms with Crippen molar-refractivity contribution in [1.29, 1.82) is 0 Å². The van der Waals surface area contributed by atoms with Gasteiger partial charge in [-0.05, 0) is 25.0 Å². The van der Waals surface area contributed by atoms with Crippen LogP contribution in [0, 0.1) is 0 Å². The molecule has 2 heteroatoms. The summed E-state index contributed by atoms with van der Waals surface area (Å²) in [6.07, 6.45) is 8.39. The molecule has 0 aromatic heterocycles. The van der Waals surface area contributed by atoms with E-state index in [1.54, 1.807) is 6.08 Å².